The summed E-state index contributed by atoms with van der Waals surface area (Å²) < 4.78 is 5.31. The summed E-state index contributed by atoms with van der Waals surface area (Å²) in [6, 6.07) is 7.57. The van der Waals surface area contributed by atoms with Crippen molar-refractivity contribution in [3.63, 3.8) is 0 Å². The minimum absolute atomic E-state index is 0.383. The lowest BCUT2D eigenvalue weighted by atomic mass is 10.2. The van der Waals surface area contributed by atoms with E-state index in [1.165, 1.54) is 0 Å². The normalized spacial score (nSPS) is 10.3. The van der Waals surface area contributed by atoms with Gasteiger partial charge in [0.1, 0.15) is 16.6 Å². The van der Waals surface area contributed by atoms with Gasteiger partial charge in [-0.2, -0.15) is 0 Å². The summed E-state index contributed by atoms with van der Waals surface area (Å²) in [6.45, 7) is 2.58. The van der Waals surface area contributed by atoms with Crippen LogP contribution in [0.25, 0.3) is 0 Å². The van der Waals surface area contributed by atoms with Gasteiger partial charge >= 0.3 is 0 Å². The number of thiocarbonyl (C=S) groups is 1. The molecular formula is C13H15N3OS. The molecule has 0 bridgehead atoms. The summed E-state index contributed by atoms with van der Waals surface area (Å²) in [5.41, 5.74) is 7.38. The zero-order valence-corrected chi connectivity index (χ0v) is 11.2. The van der Waals surface area contributed by atoms with Gasteiger partial charge in [-0.15, -0.1) is 0 Å². The molecule has 2 N–H and O–H groups in total. The Bertz CT molecular complexity index is 551. The lowest BCUT2D eigenvalue weighted by molar-refractivity contribution is 0.507. The van der Waals surface area contributed by atoms with Crippen LogP contribution >= 0.6 is 12.2 Å². The Kier molecular flexibility index (Phi) is 3.62. The summed E-state index contributed by atoms with van der Waals surface area (Å²) in [5.74, 6) is 1.71. The molecule has 0 fully saturated rings. The molecule has 0 aliphatic rings. The van der Waals surface area contributed by atoms with Crippen LogP contribution in [0.15, 0.2) is 34.9 Å². The van der Waals surface area contributed by atoms with Gasteiger partial charge in [0.25, 0.3) is 0 Å². The van der Waals surface area contributed by atoms with E-state index in [1.54, 1.807) is 6.26 Å². The number of pyridine rings is 1. The van der Waals surface area contributed by atoms with Crippen LogP contribution in [0.2, 0.25) is 0 Å². The van der Waals surface area contributed by atoms with Crippen molar-refractivity contribution in [3.8, 4) is 0 Å². The van der Waals surface area contributed by atoms with Crippen molar-refractivity contribution in [3.05, 3.63) is 47.5 Å². The van der Waals surface area contributed by atoms with Crippen LogP contribution in [0, 0.1) is 6.92 Å². The molecule has 2 aromatic rings. The molecule has 0 aromatic carbocycles. The molecule has 4 nitrogen and oxygen atoms in total. The number of furan rings is 1. The lowest BCUT2D eigenvalue weighted by Crippen LogP contribution is -2.19. The minimum atomic E-state index is 0.383. The second-order valence-corrected chi connectivity index (χ2v) is 4.59. The third-order valence-electron chi connectivity index (χ3n) is 2.59. The molecule has 5 heteroatoms. The maximum absolute atomic E-state index is 5.65. The molecule has 0 saturated carbocycles. The summed E-state index contributed by atoms with van der Waals surface area (Å²) in [5, 5.41) is 0. The average molecular weight is 261 g/mol. The van der Waals surface area contributed by atoms with Gasteiger partial charge < -0.3 is 15.1 Å². The standard InChI is InChI=1S/C13H15N3OS/c1-9-6-10(13(14)18)7-12(15-9)16(2)8-11-4-3-5-17-11/h3-7H,8H2,1-2H3,(H2,14,18). The third kappa shape index (κ3) is 2.87. The fraction of sp³-hybridized carbons (Fsp3) is 0.231. The summed E-state index contributed by atoms with van der Waals surface area (Å²) in [6.07, 6.45) is 1.66. The summed E-state index contributed by atoms with van der Waals surface area (Å²) in [7, 11) is 1.95. The van der Waals surface area contributed by atoms with Crippen LogP contribution in [0.3, 0.4) is 0 Å². The molecule has 94 valence electrons. The molecule has 0 radical (unpaired) electrons. The highest BCUT2D eigenvalue weighted by atomic mass is 32.1. The maximum atomic E-state index is 5.65. The Hall–Kier alpha value is -1.88. The number of nitrogens with zero attached hydrogens (tertiary/aromatic N) is 2. The van der Waals surface area contributed by atoms with Crippen molar-refractivity contribution in [2.75, 3.05) is 11.9 Å². The second kappa shape index (κ2) is 5.18. The molecule has 0 unspecified atom stereocenters. The minimum Gasteiger partial charge on any atom is -0.467 e. The topological polar surface area (TPSA) is 55.3 Å². The van der Waals surface area contributed by atoms with E-state index in [2.05, 4.69) is 4.98 Å². The molecule has 2 aromatic heterocycles. The molecule has 0 atom stereocenters. The number of anilines is 1. The van der Waals surface area contributed by atoms with E-state index in [4.69, 9.17) is 22.4 Å². The van der Waals surface area contributed by atoms with Gasteiger partial charge in [0.2, 0.25) is 0 Å². The zero-order chi connectivity index (χ0) is 13.1. The van der Waals surface area contributed by atoms with Crippen molar-refractivity contribution in [2.45, 2.75) is 13.5 Å². The smallest absolute Gasteiger partial charge is 0.129 e. The first-order chi connectivity index (χ1) is 8.56. The molecule has 0 saturated heterocycles. The first-order valence-corrected chi connectivity index (χ1v) is 5.99. The predicted octanol–water partition coefficient (Wildman–Crippen LogP) is 2.25. The van der Waals surface area contributed by atoms with Crippen molar-refractivity contribution >= 4 is 23.0 Å². The van der Waals surface area contributed by atoms with Gasteiger partial charge in [-0.3, -0.25) is 0 Å². The molecule has 0 aliphatic heterocycles. The highest BCUT2D eigenvalue weighted by Crippen LogP contribution is 2.16. The summed E-state index contributed by atoms with van der Waals surface area (Å²) in [4.78, 5) is 6.84. The van der Waals surface area contributed by atoms with Crippen molar-refractivity contribution in [2.24, 2.45) is 5.73 Å². The Morgan fingerprint density at radius 3 is 2.89 bits per heavy atom. The lowest BCUT2D eigenvalue weighted by Gasteiger charge is -2.18. The quantitative estimate of drug-likeness (QED) is 0.855. The largest absolute Gasteiger partial charge is 0.467 e. The third-order valence-corrected chi connectivity index (χ3v) is 2.82. The Labute approximate surface area is 111 Å². The molecule has 18 heavy (non-hydrogen) atoms. The molecule has 0 amide bonds. The van der Waals surface area contributed by atoms with Crippen LogP contribution in [0.4, 0.5) is 5.82 Å². The van der Waals surface area contributed by atoms with Crippen LogP contribution in [-0.2, 0) is 6.54 Å². The van der Waals surface area contributed by atoms with Crippen LogP contribution < -0.4 is 10.6 Å². The molecule has 2 rings (SSSR count). The van der Waals surface area contributed by atoms with Crippen molar-refractivity contribution in [1.82, 2.24) is 4.98 Å². The Balaban J connectivity index is 2.24. The van der Waals surface area contributed by atoms with Crippen molar-refractivity contribution < 1.29 is 4.42 Å². The van der Waals surface area contributed by atoms with Gasteiger partial charge in [-0.05, 0) is 31.2 Å². The Morgan fingerprint density at radius 1 is 1.50 bits per heavy atom. The number of hydrogen-bond donors (Lipinski definition) is 1. The highest BCUT2D eigenvalue weighted by Gasteiger charge is 2.08. The maximum Gasteiger partial charge on any atom is 0.129 e. The number of aromatic nitrogens is 1. The number of aryl methyl sites for hydroxylation is 1. The average Bonchev–Trinajstić information content (AvgIpc) is 2.80. The zero-order valence-electron chi connectivity index (χ0n) is 10.4. The number of nitrogens with two attached hydrogens (primary N) is 1. The van der Waals surface area contributed by atoms with Gasteiger partial charge in [-0.1, -0.05) is 12.2 Å². The fourth-order valence-electron chi connectivity index (χ4n) is 1.71. The van der Waals surface area contributed by atoms with Gasteiger partial charge in [0.05, 0.1) is 12.8 Å². The van der Waals surface area contributed by atoms with E-state index in [1.807, 2.05) is 43.1 Å². The highest BCUT2D eigenvalue weighted by molar-refractivity contribution is 7.80. The van der Waals surface area contributed by atoms with E-state index >= 15 is 0 Å². The SMILES string of the molecule is Cc1cc(C(N)=S)cc(N(C)Cc2ccco2)n1. The first kappa shape index (κ1) is 12.6. The van der Waals surface area contributed by atoms with Crippen molar-refractivity contribution in [1.29, 1.82) is 0 Å². The van der Waals surface area contributed by atoms with Gasteiger partial charge in [0, 0.05) is 18.3 Å². The Morgan fingerprint density at radius 2 is 2.28 bits per heavy atom. The molecule has 2 heterocycles. The number of hydrogen-bond acceptors (Lipinski definition) is 4. The second-order valence-electron chi connectivity index (χ2n) is 4.16. The van der Waals surface area contributed by atoms with E-state index < -0.39 is 0 Å². The van der Waals surface area contributed by atoms with Crippen LogP contribution in [0.1, 0.15) is 17.0 Å². The molecule has 0 spiro atoms. The molecular weight excluding hydrogens is 246 g/mol. The molecule has 0 aliphatic carbocycles. The monoisotopic (exact) mass is 261 g/mol. The van der Waals surface area contributed by atoms with Gasteiger partial charge in [0.15, 0.2) is 0 Å². The van der Waals surface area contributed by atoms with Crippen LogP contribution in [-0.4, -0.2) is 17.0 Å². The predicted molar refractivity (Wildman–Crippen MR) is 75.7 cm³/mol. The summed E-state index contributed by atoms with van der Waals surface area (Å²) >= 11 is 5.00. The van der Waals surface area contributed by atoms with E-state index in [-0.39, 0.29) is 0 Å². The first-order valence-electron chi connectivity index (χ1n) is 5.58. The van der Waals surface area contributed by atoms with Crippen LogP contribution in [0.5, 0.6) is 0 Å². The van der Waals surface area contributed by atoms with Gasteiger partial charge in [-0.25, -0.2) is 4.98 Å². The van der Waals surface area contributed by atoms with E-state index in [0.29, 0.717) is 11.5 Å². The van der Waals surface area contributed by atoms with E-state index in [0.717, 1.165) is 22.8 Å². The number of rotatable bonds is 4. The fourth-order valence-corrected chi connectivity index (χ4v) is 1.82. The van der Waals surface area contributed by atoms with E-state index in [9.17, 15) is 0 Å².